The molecule has 30 heavy (non-hydrogen) atoms. The number of carbonyl (C=O) groups is 1. The molecule has 0 unspecified atom stereocenters. The van der Waals surface area contributed by atoms with Crippen LogP contribution in [-0.4, -0.2) is 50.5 Å². The van der Waals surface area contributed by atoms with Crippen molar-refractivity contribution in [3.05, 3.63) is 64.0 Å². The molecule has 0 N–H and O–H groups in total. The summed E-state index contributed by atoms with van der Waals surface area (Å²) in [4.78, 5) is 30.7. The van der Waals surface area contributed by atoms with Crippen molar-refractivity contribution in [3.8, 4) is 17.1 Å². The summed E-state index contributed by atoms with van der Waals surface area (Å²) in [6, 6.07) is 7.08. The molecular formula is C20H19ClFN5O3. The van der Waals surface area contributed by atoms with Gasteiger partial charge in [-0.1, -0.05) is 11.6 Å². The molecule has 0 atom stereocenters. The SMILES string of the molecule is COC(=O)N1CCC(n2nc(-c3ccncc3Cl)n(-c3ccc(F)cc3)c2=O)CC1. The van der Waals surface area contributed by atoms with Crippen molar-refractivity contribution >= 4 is 17.7 Å². The summed E-state index contributed by atoms with van der Waals surface area (Å²) < 4.78 is 21.0. The molecule has 1 saturated heterocycles. The normalized spacial score (nSPS) is 14.7. The number of amides is 1. The van der Waals surface area contributed by atoms with Crippen molar-refractivity contribution in [3.63, 3.8) is 0 Å². The van der Waals surface area contributed by atoms with Gasteiger partial charge in [0.2, 0.25) is 0 Å². The van der Waals surface area contributed by atoms with E-state index >= 15 is 0 Å². The molecule has 156 valence electrons. The fourth-order valence-electron chi connectivity index (χ4n) is 3.60. The van der Waals surface area contributed by atoms with Gasteiger partial charge in [0.25, 0.3) is 0 Å². The van der Waals surface area contributed by atoms with E-state index in [1.165, 1.54) is 46.8 Å². The van der Waals surface area contributed by atoms with Gasteiger partial charge >= 0.3 is 11.8 Å². The molecule has 1 aliphatic rings. The van der Waals surface area contributed by atoms with E-state index in [1.54, 1.807) is 17.2 Å². The number of benzene rings is 1. The number of likely N-dealkylation sites (tertiary alicyclic amines) is 1. The van der Waals surface area contributed by atoms with Gasteiger partial charge in [-0.15, -0.1) is 5.10 Å². The monoisotopic (exact) mass is 431 g/mol. The zero-order valence-corrected chi connectivity index (χ0v) is 16.9. The molecule has 0 radical (unpaired) electrons. The van der Waals surface area contributed by atoms with Crippen molar-refractivity contribution in [2.24, 2.45) is 0 Å². The number of piperidine rings is 1. The summed E-state index contributed by atoms with van der Waals surface area (Å²) in [6.45, 7) is 0.914. The second-order valence-corrected chi connectivity index (χ2v) is 7.31. The third kappa shape index (κ3) is 3.68. The third-order valence-electron chi connectivity index (χ3n) is 5.14. The first kappa shape index (κ1) is 20.1. The number of hydrogen-bond donors (Lipinski definition) is 0. The van der Waals surface area contributed by atoms with E-state index in [9.17, 15) is 14.0 Å². The highest BCUT2D eigenvalue weighted by atomic mass is 35.5. The minimum atomic E-state index is -0.405. The maximum atomic E-state index is 13.4. The van der Waals surface area contributed by atoms with Crippen LogP contribution < -0.4 is 5.69 Å². The van der Waals surface area contributed by atoms with Crippen molar-refractivity contribution in [2.45, 2.75) is 18.9 Å². The van der Waals surface area contributed by atoms with Gasteiger partial charge in [-0.3, -0.25) is 4.98 Å². The molecule has 0 aliphatic carbocycles. The van der Waals surface area contributed by atoms with Crippen molar-refractivity contribution < 1.29 is 13.9 Å². The van der Waals surface area contributed by atoms with Gasteiger partial charge in [0, 0.05) is 31.0 Å². The van der Waals surface area contributed by atoms with Crippen LogP contribution in [-0.2, 0) is 4.74 Å². The minimum Gasteiger partial charge on any atom is -0.453 e. The van der Waals surface area contributed by atoms with Gasteiger partial charge in [-0.2, -0.15) is 0 Å². The zero-order chi connectivity index (χ0) is 21.3. The second-order valence-electron chi connectivity index (χ2n) is 6.91. The number of pyridine rings is 1. The smallest absolute Gasteiger partial charge is 0.409 e. The summed E-state index contributed by atoms with van der Waals surface area (Å²) >= 11 is 6.32. The lowest BCUT2D eigenvalue weighted by atomic mass is 10.1. The van der Waals surface area contributed by atoms with Crippen LogP contribution in [0.5, 0.6) is 0 Å². The van der Waals surface area contributed by atoms with E-state index in [2.05, 4.69) is 10.1 Å². The van der Waals surface area contributed by atoms with E-state index in [0.29, 0.717) is 48.0 Å². The average Bonchev–Trinajstić information content (AvgIpc) is 3.11. The molecule has 1 amide bonds. The lowest BCUT2D eigenvalue weighted by molar-refractivity contribution is 0.105. The quantitative estimate of drug-likeness (QED) is 0.635. The van der Waals surface area contributed by atoms with E-state index in [-0.39, 0.29) is 17.8 Å². The first-order valence-corrected chi connectivity index (χ1v) is 9.77. The molecular weight excluding hydrogens is 413 g/mol. The number of halogens is 2. The van der Waals surface area contributed by atoms with Gasteiger partial charge < -0.3 is 9.64 Å². The first-order chi connectivity index (χ1) is 14.5. The summed E-state index contributed by atoms with van der Waals surface area (Å²) in [7, 11) is 1.34. The van der Waals surface area contributed by atoms with Crippen LogP contribution in [0, 0.1) is 5.82 Å². The highest BCUT2D eigenvalue weighted by Gasteiger charge is 2.28. The highest BCUT2D eigenvalue weighted by molar-refractivity contribution is 6.33. The van der Waals surface area contributed by atoms with Crippen molar-refractivity contribution in [1.29, 1.82) is 0 Å². The molecule has 3 aromatic rings. The zero-order valence-electron chi connectivity index (χ0n) is 16.2. The van der Waals surface area contributed by atoms with Crippen LogP contribution in [0.4, 0.5) is 9.18 Å². The largest absolute Gasteiger partial charge is 0.453 e. The Kier molecular flexibility index (Phi) is 5.54. The molecule has 4 rings (SSSR count). The van der Waals surface area contributed by atoms with Crippen LogP contribution in [0.15, 0.2) is 47.5 Å². The summed E-state index contributed by atoms with van der Waals surface area (Å²) in [5, 5.41) is 4.93. The molecule has 10 heteroatoms. The van der Waals surface area contributed by atoms with Gasteiger partial charge in [-0.05, 0) is 43.2 Å². The molecule has 2 aromatic heterocycles. The van der Waals surface area contributed by atoms with E-state index in [4.69, 9.17) is 16.3 Å². The number of rotatable bonds is 3. The Bertz CT molecular complexity index is 1120. The summed E-state index contributed by atoms with van der Waals surface area (Å²) in [5.41, 5.74) is 0.655. The van der Waals surface area contributed by atoms with E-state index < -0.39 is 5.82 Å². The Morgan fingerprint density at radius 3 is 2.53 bits per heavy atom. The number of ether oxygens (including phenoxy) is 1. The fourth-order valence-corrected chi connectivity index (χ4v) is 3.80. The number of methoxy groups -OCH3 is 1. The Balaban J connectivity index is 1.77. The maximum Gasteiger partial charge on any atom is 0.409 e. The van der Waals surface area contributed by atoms with Crippen LogP contribution in [0.25, 0.3) is 17.1 Å². The van der Waals surface area contributed by atoms with Crippen LogP contribution in [0.1, 0.15) is 18.9 Å². The maximum absolute atomic E-state index is 13.4. The second kappa shape index (κ2) is 8.27. The Hall–Kier alpha value is -3.20. The Labute approximate surface area is 176 Å². The topological polar surface area (TPSA) is 82.2 Å². The van der Waals surface area contributed by atoms with E-state index in [0.717, 1.165) is 0 Å². The van der Waals surface area contributed by atoms with Crippen LogP contribution in [0.2, 0.25) is 5.02 Å². The number of aromatic nitrogens is 4. The Morgan fingerprint density at radius 2 is 1.90 bits per heavy atom. The molecule has 1 aromatic carbocycles. The lowest BCUT2D eigenvalue weighted by Crippen LogP contribution is -2.41. The summed E-state index contributed by atoms with van der Waals surface area (Å²) in [5.74, 6) is -0.0627. The van der Waals surface area contributed by atoms with Gasteiger partial charge in [0.05, 0.1) is 23.9 Å². The molecule has 0 spiro atoms. The number of hydrogen-bond acceptors (Lipinski definition) is 5. The molecule has 0 bridgehead atoms. The van der Waals surface area contributed by atoms with E-state index in [1.807, 2.05) is 0 Å². The van der Waals surface area contributed by atoms with Gasteiger partial charge in [-0.25, -0.2) is 23.2 Å². The van der Waals surface area contributed by atoms with Gasteiger partial charge in [0.1, 0.15) is 5.82 Å². The van der Waals surface area contributed by atoms with Gasteiger partial charge in [0.15, 0.2) is 5.82 Å². The minimum absolute atomic E-state index is 0.195. The highest BCUT2D eigenvalue weighted by Crippen LogP contribution is 2.28. The predicted octanol–water partition coefficient (Wildman–Crippen LogP) is 3.29. The summed E-state index contributed by atoms with van der Waals surface area (Å²) in [6.07, 6.45) is 3.76. The van der Waals surface area contributed by atoms with Crippen LogP contribution in [0.3, 0.4) is 0 Å². The fraction of sp³-hybridized carbons (Fsp3) is 0.300. The molecule has 1 aliphatic heterocycles. The lowest BCUT2D eigenvalue weighted by Gasteiger charge is -2.30. The van der Waals surface area contributed by atoms with Crippen molar-refractivity contribution in [2.75, 3.05) is 20.2 Å². The van der Waals surface area contributed by atoms with Crippen LogP contribution >= 0.6 is 11.6 Å². The standard InChI is InChI=1S/C20H19ClFN5O3/c1-30-20(29)25-10-7-15(8-11-25)27-19(28)26(14-4-2-13(22)3-5-14)18(24-27)16-6-9-23-12-17(16)21/h2-6,9,12,15H,7-8,10-11H2,1H3. The molecule has 0 saturated carbocycles. The first-order valence-electron chi connectivity index (χ1n) is 9.40. The molecule has 8 nitrogen and oxygen atoms in total. The average molecular weight is 432 g/mol. The molecule has 1 fully saturated rings. The predicted molar refractivity (Wildman–Crippen MR) is 108 cm³/mol. The number of carbonyl (C=O) groups excluding carboxylic acids is 1. The number of nitrogens with zero attached hydrogens (tertiary/aromatic N) is 5. The molecule has 3 heterocycles. The Morgan fingerprint density at radius 1 is 1.20 bits per heavy atom. The van der Waals surface area contributed by atoms with Crippen molar-refractivity contribution in [1.82, 2.24) is 24.2 Å². The third-order valence-corrected chi connectivity index (χ3v) is 5.44.